The summed E-state index contributed by atoms with van der Waals surface area (Å²) in [5, 5.41) is 18.7. The maximum atomic E-state index is 12.7. The number of carboxylic acid groups (broad SMARTS) is 1. The summed E-state index contributed by atoms with van der Waals surface area (Å²) < 4.78 is 43.4. The molecule has 1 aromatic carbocycles. The van der Waals surface area contributed by atoms with Gasteiger partial charge in [-0.15, -0.1) is 0 Å². The van der Waals surface area contributed by atoms with E-state index in [9.17, 15) is 27.9 Å². The van der Waals surface area contributed by atoms with Crippen molar-refractivity contribution in [1.29, 1.82) is 0 Å². The number of aliphatic carboxylic acids is 1. The number of rotatable bonds is 11. The predicted octanol–water partition coefficient (Wildman–Crippen LogP) is 4.72. The number of ether oxygens (including phenoxy) is 1. The molecule has 1 aliphatic rings. The number of alkyl halides is 3. The van der Waals surface area contributed by atoms with Gasteiger partial charge in [0.25, 0.3) is 0 Å². The summed E-state index contributed by atoms with van der Waals surface area (Å²) in [4.78, 5) is 22.6. The second kappa shape index (κ2) is 11.5. The lowest BCUT2D eigenvalue weighted by atomic mass is 9.95. The Hall–Kier alpha value is -2.87. The van der Waals surface area contributed by atoms with Crippen LogP contribution in [0, 0.1) is 5.92 Å². The standard InChI is InChI=1S/C23H25F3O5/c24-23(25,26)17-6-5-7-19(14-17)31-15-18(27)12-10-16-11-13-21(28)20(16)8-3-1-2-4-9-22(29)30/h1,3,5-7,10-12,14,18,20,27H,2,4,8-9,13,15H2,(H,29,30)/b3-1?,12-10+/t18-,20-/m1/s1. The SMILES string of the molecule is O=C(O)CCCC=CC[C@H]1C(=O)CC=C1/C=C/[C@@H](O)COc1cccc(C(F)(F)F)c1. The molecule has 31 heavy (non-hydrogen) atoms. The fourth-order valence-corrected chi connectivity index (χ4v) is 3.08. The number of hydrogen-bond acceptors (Lipinski definition) is 4. The molecule has 0 bridgehead atoms. The molecule has 168 valence electrons. The summed E-state index contributed by atoms with van der Waals surface area (Å²) >= 11 is 0. The maximum Gasteiger partial charge on any atom is 0.416 e. The van der Waals surface area contributed by atoms with E-state index in [1.54, 1.807) is 12.2 Å². The van der Waals surface area contributed by atoms with Gasteiger partial charge in [0.15, 0.2) is 0 Å². The number of unbranched alkanes of at least 4 members (excludes halogenated alkanes) is 1. The summed E-state index contributed by atoms with van der Waals surface area (Å²) in [6.07, 6.45) is 5.07. The molecule has 8 heteroatoms. The van der Waals surface area contributed by atoms with Gasteiger partial charge in [-0.2, -0.15) is 13.2 Å². The first kappa shape index (κ1) is 24.4. The maximum absolute atomic E-state index is 12.7. The van der Waals surface area contributed by atoms with Crippen LogP contribution < -0.4 is 4.74 Å². The summed E-state index contributed by atoms with van der Waals surface area (Å²) in [6, 6.07) is 4.42. The summed E-state index contributed by atoms with van der Waals surface area (Å²) in [5.41, 5.74) is -0.0678. The van der Waals surface area contributed by atoms with E-state index in [1.807, 2.05) is 12.2 Å². The number of benzene rings is 1. The van der Waals surface area contributed by atoms with Crippen molar-refractivity contribution in [2.75, 3.05) is 6.61 Å². The highest BCUT2D eigenvalue weighted by Crippen LogP contribution is 2.31. The molecule has 0 amide bonds. The van der Waals surface area contributed by atoms with E-state index < -0.39 is 23.8 Å². The molecule has 0 heterocycles. The fraction of sp³-hybridized carbons (Fsp3) is 0.391. The third kappa shape index (κ3) is 8.41. The third-order valence-electron chi connectivity index (χ3n) is 4.72. The summed E-state index contributed by atoms with van der Waals surface area (Å²) in [6.45, 7) is -0.229. The second-order valence-corrected chi connectivity index (χ2v) is 7.18. The van der Waals surface area contributed by atoms with E-state index >= 15 is 0 Å². The molecule has 0 saturated carbocycles. The number of ketones is 1. The molecule has 1 aromatic rings. The van der Waals surface area contributed by atoms with Gasteiger partial charge in [-0.05, 0) is 43.0 Å². The highest BCUT2D eigenvalue weighted by molar-refractivity contribution is 5.89. The van der Waals surface area contributed by atoms with Crippen molar-refractivity contribution in [3.8, 4) is 5.75 Å². The number of aliphatic hydroxyl groups is 1. The third-order valence-corrected chi connectivity index (χ3v) is 4.72. The Kier molecular flexibility index (Phi) is 9.05. The van der Waals surface area contributed by atoms with E-state index in [4.69, 9.17) is 9.84 Å². The Balaban J connectivity index is 1.83. The van der Waals surface area contributed by atoms with Crippen molar-refractivity contribution in [2.24, 2.45) is 5.92 Å². The minimum absolute atomic E-state index is 0.00319. The minimum Gasteiger partial charge on any atom is -0.491 e. The Morgan fingerprint density at radius 2 is 2.06 bits per heavy atom. The fourth-order valence-electron chi connectivity index (χ4n) is 3.08. The second-order valence-electron chi connectivity index (χ2n) is 7.18. The largest absolute Gasteiger partial charge is 0.491 e. The molecule has 5 nitrogen and oxygen atoms in total. The Morgan fingerprint density at radius 1 is 1.29 bits per heavy atom. The molecule has 0 unspecified atom stereocenters. The van der Waals surface area contributed by atoms with Crippen LogP contribution in [0.15, 0.2) is 60.2 Å². The van der Waals surface area contributed by atoms with E-state index in [0.717, 1.165) is 17.7 Å². The minimum atomic E-state index is -4.47. The quantitative estimate of drug-likeness (QED) is 0.386. The normalized spacial score (nSPS) is 18.0. The van der Waals surface area contributed by atoms with Crippen molar-refractivity contribution in [3.63, 3.8) is 0 Å². The van der Waals surface area contributed by atoms with Gasteiger partial charge >= 0.3 is 12.1 Å². The lowest BCUT2D eigenvalue weighted by Crippen LogP contribution is -2.15. The van der Waals surface area contributed by atoms with E-state index in [2.05, 4.69) is 0 Å². The molecule has 0 fully saturated rings. The Labute approximate surface area is 178 Å². The zero-order chi connectivity index (χ0) is 22.9. The first-order valence-electron chi connectivity index (χ1n) is 9.92. The number of carboxylic acids is 1. The van der Waals surface area contributed by atoms with Gasteiger partial charge in [-0.1, -0.05) is 36.4 Å². The highest BCUT2D eigenvalue weighted by atomic mass is 19.4. The van der Waals surface area contributed by atoms with Crippen LogP contribution in [-0.2, 0) is 15.8 Å². The molecule has 2 N–H and O–H groups in total. The number of carbonyl (C=O) groups excluding carboxylic acids is 1. The smallest absolute Gasteiger partial charge is 0.416 e. The van der Waals surface area contributed by atoms with Gasteiger partial charge in [0.2, 0.25) is 0 Å². The van der Waals surface area contributed by atoms with Gasteiger partial charge in [-0.3, -0.25) is 9.59 Å². The van der Waals surface area contributed by atoms with Crippen molar-refractivity contribution >= 4 is 11.8 Å². The average molecular weight is 438 g/mol. The number of aliphatic hydroxyl groups excluding tert-OH is 1. The monoisotopic (exact) mass is 438 g/mol. The van der Waals surface area contributed by atoms with Gasteiger partial charge in [0.05, 0.1) is 5.56 Å². The molecular weight excluding hydrogens is 413 g/mol. The molecule has 0 aliphatic heterocycles. The van der Waals surface area contributed by atoms with Gasteiger partial charge in [-0.25, -0.2) is 0 Å². The summed E-state index contributed by atoms with van der Waals surface area (Å²) in [5.74, 6) is -1.11. The number of hydrogen-bond donors (Lipinski definition) is 2. The molecular formula is C23H25F3O5. The number of halogens is 3. The zero-order valence-electron chi connectivity index (χ0n) is 16.8. The average Bonchev–Trinajstić information content (AvgIpc) is 3.06. The first-order valence-corrected chi connectivity index (χ1v) is 9.92. The molecule has 0 saturated heterocycles. The predicted molar refractivity (Wildman–Crippen MR) is 109 cm³/mol. The molecule has 0 aromatic heterocycles. The van der Waals surface area contributed by atoms with Crippen molar-refractivity contribution in [2.45, 2.75) is 44.4 Å². The Bertz CT molecular complexity index is 855. The van der Waals surface area contributed by atoms with E-state index in [-0.39, 0.29) is 30.5 Å². The van der Waals surface area contributed by atoms with Gasteiger partial charge in [0, 0.05) is 18.8 Å². The number of carbonyl (C=O) groups is 2. The topological polar surface area (TPSA) is 83.8 Å². The summed E-state index contributed by atoms with van der Waals surface area (Å²) in [7, 11) is 0. The lowest BCUT2D eigenvalue weighted by molar-refractivity contribution is -0.138. The highest BCUT2D eigenvalue weighted by Gasteiger charge is 2.30. The van der Waals surface area contributed by atoms with Crippen LogP contribution in [0.25, 0.3) is 0 Å². The van der Waals surface area contributed by atoms with Crippen LogP contribution in [0.4, 0.5) is 13.2 Å². The van der Waals surface area contributed by atoms with Crippen molar-refractivity contribution in [3.05, 3.63) is 65.8 Å². The first-order chi connectivity index (χ1) is 14.7. The van der Waals surface area contributed by atoms with Crippen LogP contribution in [0.1, 0.15) is 37.7 Å². The molecule has 0 radical (unpaired) electrons. The van der Waals surface area contributed by atoms with Crippen LogP contribution in [-0.4, -0.2) is 34.7 Å². The molecule has 0 spiro atoms. The Morgan fingerprint density at radius 3 is 2.77 bits per heavy atom. The van der Waals surface area contributed by atoms with Crippen molar-refractivity contribution < 1.29 is 37.7 Å². The van der Waals surface area contributed by atoms with Crippen LogP contribution in [0.3, 0.4) is 0 Å². The van der Waals surface area contributed by atoms with Crippen molar-refractivity contribution in [1.82, 2.24) is 0 Å². The van der Waals surface area contributed by atoms with Crippen LogP contribution in [0.5, 0.6) is 5.75 Å². The van der Waals surface area contributed by atoms with Crippen LogP contribution >= 0.6 is 0 Å². The molecule has 2 rings (SSSR count). The lowest BCUT2D eigenvalue weighted by Gasteiger charge is -2.12. The van der Waals surface area contributed by atoms with Gasteiger partial charge in [0.1, 0.15) is 24.2 Å². The van der Waals surface area contributed by atoms with E-state index in [0.29, 0.717) is 25.7 Å². The van der Waals surface area contributed by atoms with Gasteiger partial charge < -0.3 is 14.9 Å². The van der Waals surface area contributed by atoms with E-state index in [1.165, 1.54) is 18.2 Å². The molecule has 1 aliphatic carbocycles. The molecule has 2 atom stereocenters. The number of Topliss-reactive ketones (excluding diaryl/α,β-unsaturated/α-hetero) is 1. The van der Waals surface area contributed by atoms with Crippen LogP contribution in [0.2, 0.25) is 0 Å². The zero-order valence-corrected chi connectivity index (χ0v) is 16.8. The number of allylic oxidation sites excluding steroid dienone is 5.